The summed E-state index contributed by atoms with van der Waals surface area (Å²) in [7, 11) is 0. The minimum absolute atomic E-state index is 0.174. The molecule has 3 rings (SSSR count). The summed E-state index contributed by atoms with van der Waals surface area (Å²) in [5.74, 6) is 1.05. The smallest absolute Gasteiger partial charge is 0.123 e. The van der Waals surface area contributed by atoms with E-state index >= 15 is 0 Å². The third kappa shape index (κ3) is 4.91. The van der Waals surface area contributed by atoms with Crippen LogP contribution in [-0.4, -0.2) is 25.8 Å². The first kappa shape index (κ1) is 17.2. The van der Waals surface area contributed by atoms with Crippen molar-refractivity contribution in [2.24, 2.45) is 5.92 Å². The van der Waals surface area contributed by atoms with Gasteiger partial charge in [-0.15, -0.1) is 0 Å². The molecule has 2 fully saturated rings. The maximum atomic E-state index is 13.4. The number of hydrogen-bond acceptors (Lipinski definition) is 2. The van der Waals surface area contributed by atoms with Gasteiger partial charge in [-0.3, -0.25) is 0 Å². The second kappa shape index (κ2) is 8.46. The molecule has 128 valence electrons. The predicted molar refractivity (Wildman–Crippen MR) is 92.6 cm³/mol. The van der Waals surface area contributed by atoms with Crippen LogP contribution >= 0.6 is 11.6 Å². The Balaban J connectivity index is 1.40. The van der Waals surface area contributed by atoms with Gasteiger partial charge in [0.1, 0.15) is 5.82 Å². The van der Waals surface area contributed by atoms with Gasteiger partial charge in [-0.25, -0.2) is 4.39 Å². The lowest BCUT2D eigenvalue weighted by molar-refractivity contribution is 0.0775. The zero-order valence-electron chi connectivity index (χ0n) is 13.7. The van der Waals surface area contributed by atoms with Crippen molar-refractivity contribution in [2.45, 2.75) is 56.9 Å². The second-order valence-electron chi connectivity index (χ2n) is 7.01. The van der Waals surface area contributed by atoms with Gasteiger partial charge < -0.3 is 10.1 Å². The third-order valence-electron chi connectivity index (χ3n) is 5.45. The molecule has 1 aromatic rings. The van der Waals surface area contributed by atoms with E-state index in [0.717, 1.165) is 61.9 Å². The first-order chi connectivity index (χ1) is 11.2. The molecular formula is C19H27ClFNO. The summed E-state index contributed by atoms with van der Waals surface area (Å²) in [5, 5.41) is 4.40. The lowest BCUT2D eigenvalue weighted by Crippen LogP contribution is -2.36. The van der Waals surface area contributed by atoms with E-state index in [-0.39, 0.29) is 5.82 Å². The first-order valence-electron chi connectivity index (χ1n) is 8.98. The van der Waals surface area contributed by atoms with Crippen molar-refractivity contribution in [1.82, 2.24) is 5.32 Å². The van der Waals surface area contributed by atoms with Crippen LogP contribution in [0.4, 0.5) is 4.39 Å². The molecule has 4 heteroatoms. The molecule has 1 heterocycles. The van der Waals surface area contributed by atoms with Gasteiger partial charge in [-0.05, 0) is 87.1 Å². The maximum absolute atomic E-state index is 13.4. The van der Waals surface area contributed by atoms with Crippen LogP contribution in [0.3, 0.4) is 0 Å². The number of rotatable bonds is 5. The molecule has 0 atom stereocenters. The van der Waals surface area contributed by atoms with Crippen LogP contribution in [0.1, 0.15) is 56.4 Å². The van der Waals surface area contributed by atoms with E-state index in [1.807, 2.05) is 0 Å². The van der Waals surface area contributed by atoms with Crippen molar-refractivity contribution >= 4 is 11.6 Å². The van der Waals surface area contributed by atoms with Crippen LogP contribution in [-0.2, 0) is 4.74 Å². The molecule has 0 spiro atoms. The average Bonchev–Trinajstić information content (AvgIpc) is 2.59. The predicted octanol–water partition coefficient (Wildman–Crippen LogP) is 4.91. The Hall–Kier alpha value is -0.640. The first-order valence-corrected chi connectivity index (χ1v) is 9.36. The number of benzene rings is 1. The highest BCUT2D eigenvalue weighted by Gasteiger charge is 2.24. The van der Waals surface area contributed by atoms with Gasteiger partial charge in [0, 0.05) is 24.3 Å². The summed E-state index contributed by atoms with van der Waals surface area (Å²) in [4.78, 5) is 0. The molecule has 1 saturated heterocycles. The van der Waals surface area contributed by atoms with Gasteiger partial charge in [-0.2, -0.15) is 0 Å². The Labute approximate surface area is 143 Å². The van der Waals surface area contributed by atoms with Gasteiger partial charge in [-0.1, -0.05) is 11.6 Å². The number of ether oxygens (including phenoxy) is 1. The van der Waals surface area contributed by atoms with Crippen LogP contribution in [0.5, 0.6) is 0 Å². The molecule has 1 aromatic carbocycles. The van der Waals surface area contributed by atoms with Crippen LogP contribution in [0.15, 0.2) is 18.2 Å². The van der Waals surface area contributed by atoms with Crippen LogP contribution in [0.25, 0.3) is 0 Å². The summed E-state index contributed by atoms with van der Waals surface area (Å²) in [6.07, 6.45) is 8.26. The van der Waals surface area contributed by atoms with E-state index in [1.54, 1.807) is 12.1 Å². The average molecular weight is 340 g/mol. The molecule has 23 heavy (non-hydrogen) atoms. The molecule has 0 bridgehead atoms. The second-order valence-corrected chi connectivity index (χ2v) is 7.42. The van der Waals surface area contributed by atoms with Gasteiger partial charge in [0.25, 0.3) is 0 Å². The normalized spacial score (nSPS) is 26.3. The van der Waals surface area contributed by atoms with E-state index in [2.05, 4.69) is 5.32 Å². The Morgan fingerprint density at radius 1 is 1.09 bits per heavy atom. The highest BCUT2D eigenvalue weighted by Crippen LogP contribution is 2.39. The Kier molecular flexibility index (Phi) is 6.32. The van der Waals surface area contributed by atoms with Gasteiger partial charge in [0.05, 0.1) is 0 Å². The Morgan fingerprint density at radius 2 is 1.83 bits per heavy atom. The molecule has 1 saturated carbocycles. The van der Waals surface area contributed by atoms with E-state index in [4.69, 9.17) is 16.3 Å². The number of hydrogen-bond donors (Lipinski definition) is 1. The van der Waals surface area contributed by atoms with E-state index in [0.29, 0.717) is 12.0 Å². The molecular weight excluding hydrogens is 313 g/mol. The molecule has 0 unspecified atom stereocenters. The molecule has 0 aromatic heterocycles. The monoisotopic (exact) mass is 339 g/mol. The summed E-state index contributed by atoms with van der Waals surface area (Å²) < 4.78 is 18.8. The van der Waals surface area contributed by atoms with Crippen LogP contribution in [0.2, 0.25) is 5.02 Å². The number of nitrogens with one attached hydrogen (secondary N) is 1. The van der Waals surface area contributed by atoms with Crippen molar-refractivity contribution in [3.8, 4) is 0 Å². The van der Waals surface area contributed by atoms with E-state index < -0.39 is 0 Å². The lowest BCUT2D eigenvalue weighted by Gasteiger charge is -2.30. The molecule has 1 aliphatic heterocycles. The van der Waals surface area contributed by atoms with Gasteiger partial charge >= 0.3 is 0 Å². The van der Waals surface area contributed by atoms with Gasteiger partial charge in [0.2, 0.25) is 0 Å². The summed E-state index contributed by atoms with van der Waals surface area (Å²) in [6.45, 7) is 2.91. The maximum Gasteiger partial charge on any atom is 0.123 e. The fourth-order valence-corrected chi connectivity index (χ4v) is 4.25. The Bertz CT molecular complexity index is 496. The van der Waals surface area contributed by atoms with Crippen LogP contribution < -0.4 is 5.32 Å². The minimum atomic E-state index is -0.174. The molecule has 0 radical (unpaired) electrons. The number of halogens is 2. The van der Waals surface area contributed by atoms with Crippen molar-refractivity contribution in [2.75, 3.05) is 19.8 Å². The molecule has 2 aliphatic rings. The summed E-state index contributed by atoms with van der Waals surface area (Å²) >= 11 is 6.25. The zero-order chi connectivity index (χ0) is 16.1. The van der Waals surface area contributed by atoms with Crippen molar-refractivity contribution < 1.29 is 9.13 Å². The minimum Gasteiger partial charge on any atom is -0.381 e. The highest BCUT2D eigenvalue weighted by molar-refractivity contribution is 6.31. The standard InChI is InChI=1S/C19H27ClFNO/c20-19-6-5-16(21)13-18(19)15-3-1-14(2-4-15)7-10-22-17-8-11-23-12-9-17/h5-6,13-15,17,22H,1-4,7-12H2. The molecule has 0 amide bonds. The van der Waals surface area contributed by atoms with E-state index in [1.165, 1.54) is 25.3 Å². The van der Waals surface area contributed by atoms with E-state index in [9.17, 15) is 4.39 Å². The van der Waals surface area contributed by atoms with Crippen molar-refractivity contribution in [3.05, 3.63) is 34.6 Å². The van der Waals surface area contributed by atoms with Crippen LogP contribution in [0, 0.1) is 11.7 Å². The van der Waals surface area contributed by atoms with Crippen molar-refractivity contribution in [3.63, 3.8) is 0 Å². The highest BCUT2D eigenvalue weighted by atomic mass is 35.5. The summed E-state index contributed by atoms with van der Waals surface area (Å²) in [5.41, 5.74) is 1.01. The van der Waals surface area contributed by atoms with Gasteiger partial charge in [0.15, 0.2) is 0 Å². The fraction of sp³-hybridized carbons (Fsp3) is 0.684. The Morgan fingerprint density at radius 3 is 2.57 bits per heavy atom. The molecule has 1 aliphatic carbocycles. The zero-order valence-corrected chi connectivity index (χ0v) is 14.5. The quantitative estimate of drug-likeness (QED) is 0.822. The third-order valence-corrected chi connectivity index (χ3v) is 5.80. The summed E-state index contributed by atoms with van der Waals surface area (Å²) in [6, 6.07) is 5.40. The van der Waals surface area contributed by atoms with Crippen molar-refractivity contribution in [1.29, 1.82) is 0 Å². The molecule has 1 N–H and O–H groups in total. The fourth-order valence-electron chi connectivity index (χ4n) is 3.98. The molecule has 2 nitrogen and oxygen atoms in total. The SMILES string of the molecule is Fc1ccc(Cl)c(C2CCC(CCNC3CCOCC3)CC2)c1. The topological polar surface area (TPSA) is 21.3 Å². The largest absolute Gasteiger partial charge is 0.381 e. The lowest BCUT2D eigenvalue weighted by atomic mass is 9.77.